The molecule has 0 aliphatic carbocycles. The minimum atomic E-state index is -1.29. The number of hydrogen-bond acceptors (Lipinski definition) is 8. The van der Waals surface area contributed by atoms with Gasteiger partial charge in [0.25, 0.3) is 11.8 Å². The average molecular weight is 566 g/mol. The van der Waals surface area contributed by atoms with Crippen molar-refractivity contribution >= 4 is 40.7 Å². The summed E-state index contributed by atoms with van der Waals surface area (Å²) in [4.78, 5) is 57.6. The molecule has 0 radical (unpaired) electrons. The van der Waals surface area contributed by atoms with Crippen molar-refractivity contribution < 1.29 is 28.7 Å². The van der Waals surface area contributed by atoms with E-state index < -0.39 is 47.5 Å². The molecule has 0 saturated carbocycles. The summed E-state index contributed by atoms with van der Waals surface area (Å²) in [6, 6.07) is 7.64. The van der Waals surface area contributed by atoms with Crippen molar-refractivity contribution in [1.82, 2.24) is 26.1 Å². The van der Waals surface area contributed by atoms with Gasteiger partial charge in [0.1, 0.15) is 18.2 Å². The minimum absolute atomic E-state index is 0.251. The highest BCUT2D eigenvalue weighted by molar-refractivity contribution is 5.92. The molecular formula is C30H39N5O6. The van der Waals surface area contributed by atoms with Crippen LogP contribution in [0.5, 0.6) is 0 Å². The topological polar surface area (TPSA) is 139 Å². The van der Waals surface area contributed by atoms with E-state index in [1.165, 1.54) is 12.1 Å². The SMILES string of the molecule is CO[C@@H](C)[C@@H]1OC(=O)C(C)(C)/C=C/c2ccc3ccc(nc3c2)[C@@H](C)NC(=O)[C@@H]2CCCN(N2)C(=O)C(C)NC1=O. The molecule has 5 bridgehead atoms. The largest absolute Gasteiger partial charge is 0.449 e. The number of hydrazine groups is 1. The first-order valence-electron chi connectivity index (χ1n) is 13.9. The van der Waals surface area contributed by atoms with Crippen LogP contribution in [0, 0.1) is 5.41 Å². The van der Waals surface area contributed by atoms with Gasteiger partial charge in [-0.25, -0.2) is 5.43 Å². The second-order valence-electron chi connectivity index (χ2n) is 11.3. The van der Waals surface area contributed by atoms with Crippen LogP contribution in [0.4, 0.5) is 0 Å². The smallest absolute Gasteiger partial charge is 0.316 e. The monoisotopic (exact) mass is 565 g/mol. The summed E-state index contributed by atoms with van der Waals surface area (Å²) < 4.78 is 11.0. The van der Waals surface area contributed by atoms with Gasteiger partial charge in [-0.1, -0.05) is 30.4 Å². The molecule has 1 aromatic heterocycles. The number of pyridine rings is 1. The van der Waals surface area contributed by atoms with Crippen molar-refractivity contribution in [2.75, 3.05) is 13.7 Å². The molecule has 41 heavy (non-hydrogen) atoms. The molecule has 1 fully saturated rings. The van der Waals surface area contributed by atoms with Gasteiger partial charge in [-0.3, -0.25) is 29.2 Å². The number of amides is 3. The maximum Gasteiger partial charge on any atom is 0.316 e. The Kier molecular flexibility index (Phi) is 9.08. The van der Waals surface area contributed by atoms with Crippen molar-refractivity contribution in [3.63, 3.8) is 0 Å². The number of nitrogens with one attached hydrogen (secondary N) is 3. The van der Waals surface area contributed by atoms with Crippen LogP contribution in [0.3, 0.4) is 0 Å². The summed E-state index contributed by atoms with van der Waals surface area (Å²) >= 11 is 0. The van der Waals surface area contributed by atoms with Crippen molar-refractivity contribution in [1.29, 1.82) is 0 Å². The minimum Gasteiger partial charge on any atom is -0.449 e. The van der Waals surface area contributed by atoms with E-state index in [0.717, 1.165) is 16.5 Å². The van der Waals surface area contributed by atoms with E-state index in [9.17, 15) is 19.2 Å². The van der Waals surface area contributed by atoms with E-state index in [1.807, 2.05) is 37.3 Å². The van der Waals surface area contributed by atoms with Crippen molar-refractivity contribution in [3.05, 3.63) is 47.7 Å². The van der Waals surface area contributed by atoms with Gasteiger partial charge < -0.3 is 20.1 Å². The lowest BCUT2D eigenvalue weighted by molar-refractivity contribution is -0.170. The lowest BCUT2D eigenvalue weighted by Gasteiger charge is -2.35. The zero-order valence-corrected chi connectivity index (χ0v) is 24.4. The lowest BCUT2D eigenvalue weighted by Crippen LogP contribution is -2.61. The molecule has 11 heteroatoms. The number of methoxy groups -OCH3 is 1. The number of fused-ring (bicyclic) bond motifs is 4. The summed E-state index contributed by atoms with van der Waals surface area (Å²) in [6.45, 7) is 8.78. The summed E-state index contributed by atoms with van der Waals surface area (Å²) in [5.41, 5.74) is 4.18. The number of carbonyl (C=O) groups excluding carboxylic acids is 4. The number of rotatable bonds is 2. The molecule has 220 valence electrons. The Hall–Kier alpha value is -3.83. The fourth-order valence-corrected chi connectivity index (χ4v) is 4.73. The van der Waals surface area contributed by atoms with E-state index in [-0.39, 0.29) is 11.9 Å². The highest BCUT2D eigenvalue weighted by atomic mass is 16.6. The second-order valence-corrected chi connectivity index (χ2v) is 11.3. The zero-order chi connectivity index (χ0) is 29.9. The van der Waals surface area contributed by atoms with Crippen LogP contribution in [-0.4, -0.2) is 71.6 Å². The van der Waals surface area contributed by atoms with Crippen LogP contribution < -0.4 is 16.1 Å². The zero-order valence-electron chi connectivity index (χ0n) is 24.4. The first kappa shape index (κ1) is 30.1. The van der Waals surface area contributed by atoms with Gasteiger partial charge in [-0.05, 0) is 65.2 Å². The summed E-state index contributed by atoms with van der Waals surface area (Å²) in [7, 11) is 1.41. The molecule has 3 N–H and O–H groups in total. The van der Waals surface area contributed by atoms with E-state index in [4.69, 9.17) is 14.5 Å². The van der Waals surface area contributed by atoms with Gasteiger partial charge in [-0.15, -0.1) is 0 Å². The summed E-state index contributed by atoms with van der Waals surface area (Å²) in [6.07, 6.45) is 2.60. The van der Waals surface area contributed by atoms with Gasteiger partial charge in [0.2, 0.25) is 12.0 Å². The number of carbonyl (C=O) groups is 4. The van der Waals surface area contributed by atoms with Gasteiger partial charge >= 0.3 is 5.97 Å². The normalized spacial score (nSPS) is 27.5. The molecule has 2 aromatic rings. The van der Waals surface area contributed by atoms with Gasteiger partial charge in [0.05, 0.1) is 22.7 Å². The van der Waals surface area contributed by atoms with E-state index in [2.05, 4.69) is 16.1 Å². The second kappa shape index (κ2) is 12.4. The molecule has 0 spiro atoms. The van der Waals surface area contributed by atoms with E-state index >= 15 is 0 Å². The molecule has 2 aliphatic heterocycles. The molecule has 2 aliphatic rings. The number of esters is 1. The molecule has 4 rings (SSSR count). The van der Waals surface area contributed by atoms with Gasteiger partial charge in [-0.2, -0.15) is 0 Å². The fraction of sp³-hybridized carbons (Fsp3) is 0.500. The van der Waals surface area contributed by atoms with Crippen LogP contribution in [0.1, 0.15) is 64.8 Å². The molecule has 3 heterocycles. The van der Waals surface area contributed by atoms with Crippen molar-refractivity contribution in [2.24, 2.45) is 5.41 Å². The first-order valence-corrected chi connectivity index (χ1v) is 13.9. The van der Waals surface area contributed by atoms with Crippen molar-refractivity contribution in [3.8, 4) is 0 Å². The number of nitrogens with zero attached hydrogens (tertiary/aromatic N) is 2. The van der Waals surface area contributed by atoms with E-state index in [1.54, 1.807) is 39.8 Å². The third-order valence-corrected chi connectivity index (χ3v) is 7.55. The number of hydrogen-bond donors (Lipinski definition) is 3. The molecule has 1 saturated heterocycles. The Bertz CT molecular complexity index is 1360. The Morgan fingerprint density at radius 2 is 1.76 bits per heavy atom. The van der Waals surface area contributed by atoms with Crippen LogP contribution >= 0.6 is 0 Å². The van der Waals surface area contributed by atoms with Crippen LogP contribution in [0.15, 0.2) is 36.4 Å². The maximum atomic E-state index is 13.2. The average Bonchev–Trinajstić information content (AvgIpc) is 2.96. The summed E-state index contributed by atoms with van der Waals surface area (Å²) in [5.74, 6) is -1.95. The third-order valence-electron chi connectivity index (χ3n) is 7.55. The molecule has 1 aromatic carbocycles. The van der Waals surface area contributed by atoms with Crippen LogP contribution in [-0.2, 0) is 28.7 Å². The van der Waals surface area contributed by atoms with Crippen molar-refractivity contribution in [2.45, 2.75) is 77.8 Å². The number of ether oxygens (including phenoxy) is 2. The number of aromatic nitrogens is 1. The molecule has 1 unspecified atom stereocenters. The predicted molar refractivity (Wildman–Crippen MR) is 153 cm³/mol. The number of benzene rings is 1. The molecule has 5 atom stereocenters. The van der Waals surface area contributed by atoms with Gasteiger partial charge in [0, 0.05) is 19.0 Å². The van der Waals surface area contributed by atoms with Crippen LogP contribution in [0.2, 0.25) is 0 Å². The highest BCUT2D eigenvalue weighted by Gasteiger charge is 2.37. The quantitative estimate of drug-likeness (QED) is 0.472. The first-order chi connectivity index (χ1) is 19.4. The maximum absolute atomic E-state index is 13.2. The highest BCUT2D eigenvalue weighted by Crippen LogP contribution is 2.25. The Labute approximate surface area is 240 Å². The molecular weight excluding hydrogens is 526 g/mol. The van der Waals surface area contributed by atoms with Crippen LogP contribution in [0.25, 0.3) is 17.0 Å². The van der Waals surface area contributed by atoms with Gasteiger partial charge in [0.15, 0.2) is 0 Å². The number of cyclic esters (lactones) is 1. The Morgan fingerprint density at radius 3 is 2.49 bits per heavy atom. The molecule has 11 nitrogen and oxygen atoms in total. The predicted octanol–water partition coefficient (Wildman–Crippen LogP) is 2.41. The van der Waals surface area contributed by atoms with E-state index in [0.29, 0.717) is 25.1 Å². The molecule has 3 amide bonds. The lowest BCUT2D eigenvalue weighted by atomic mass is 9.92. The Balaban J connectivity index is 1.71. The summed E-state index contributed by atoms with van der Waals surface area (Å²) in [5, 5.41) is 7.94. The standard InChI is InChI=1S/C30H39N5O6/c1-17-22-12-11-21-10-9-20(16-24(21)33-22)13-14-30(4,5)29(39)41-25(19(3)40-6)27(37)32-18(2)28(38)35-15-7-8-23(34-35)26(36)31-17/h9-14,16-19,23,25,34H,7-8,15H2,1-6H3,(H,31,36)(H,32,37)/b14-13+/t17-,18?,19+,23+,25+/m1/s1. The third kappa shape index (κ3) is 6.91. The fourth-order valence-electron chi connectivity index (χ4n) is 4.73. The Morgan fingerprint density at radius 1 is 1.05 bits per heavy atom.